The Balaban J connectivity index is 3.33. The second-order valence-electron chi connectivity index (χ2n) is 4.73. The molecule has 150 valence electrons. The van der Waals surface area contributed by atoms with Gasteiger partial charge in [0.15, 0.2) is 0 Å². The lowest BCUT2D eigenvalue weighted by Gasteiger charge is -2.52. The predicted molar refractivity (Wildman–Crippen MR) is 60.2 cm³/mol. The van der Waals surface area contributed by atoms with Gasteiger partial charge in [-0.3, -0.25) is 0 Å². The molecule has 15 nitrogen and oxygen atoms in total. The maximum Gasteiger partial charge on any atom is 0.121 e. The Kier molecular flexibility index (Phi) is 7.50. The van der Waals surface area contributed by atoms with Gasteiger partial charge in [-0.1, -0.05) is 0 Å². The Hall–Kier alpha value is 0.210. The highest BCUT2D eigenvalue weighted by atomic mass is 31.2. The maximum atomic E-state index is 10.8. The zero-order chi connectivity index (χ0) is 19.8. The molecule has 0 aromatic carbocycles. The fourth-order valence-electron chi connectivity index (χ4n) is 2.23. The van der Waals surface area contributed by atoms with E-state index in [0.717, 1.165) is 7.11 Å². The van der Waals surface area contributed by atoms with Crippen LogP contribution >= 0.6 is 23.5 Å². The number of hydrogen-bond donors (Lipinski definition) is 2. The molecule has 0 spiro atoms. The molecule has 0 saturated heterocycles. The molecule has 0 aliphatic heterocycles. The van der Waals surface area contributed by atoms with Gasteiger partial charge < -0.3 is 71.6 Å². The first-order valence-electron chi connectivity index (χ1n) is 6.06. The van der Waals surface area contributed by atoms with Gasteiger partial charge in [-0.05, 0) is 0 Å². The van der Waals surface area contributed by atoms with Gasteiger partial charge in [0.25, 0.3) is 0 Å². The lowest BCUT2D eigenvalue weighted by molar-refractivity contribution is -0.372. The van der Waals surface area contributed by atoms with Gasteiger partial charge in [0.1, 0.15) is 36.6 Å². The second kappa shape index (κ2) is 8.07. The molecule has 0 unspecified atom stereocenters. The van der Waals surface area contributed by atoms with E-state index in [1.165, 1.54) is 0 Å². The number of phosphoric ester groups is 3. The summed E-state index contributed by atoms with van der Waals surface area (Å²) in [5, 5.41) is 19.5. The SMILES string of the molecule is CO[C@@H]1[C@@H](OP(=O)([O-])[O-])[C@H](OP(=O)([O-])[O-])[C@@H](O)[C@@H](O)[C@H]1OP(=O)([O-])[O-]. The summed E-state index contributed by atoms with van der Waals surface area (Å²) < 4.78 is 48.6. The standard InChI is InChI=1S/C7H17O15P3/c1-19-6-4(20-23(10,11)12)2(8)3(9)5(21-24(13,14)15)7(6)22-25(16,17)18/h2-9H,1H3,(H2,10,11,12)(H2,13,14,15)(H2,16,17,18)/p-6/t2-,3+,4-,5-,6+,7+/m1/s1. The van der Waals surface area contributed by atoms with Gasteiger partial charge >= 0.3 is 0 Å². The van der Waals surface area contributed by atoms with Crippen LogP contribution in [-0.2, 0) is 32.0 Å². The highest BCUT2D eigenvalue weighted by Gasteiger charge is 2.53. The molecule has 1 saturated carbocycles. The van der Waals surface area contributed by atoms with E-state index < -0.39 is 60.1 Å². The van der Waals surface area contributed by atoms with E-state index in [1.54, 1.807) is 0 Å². The Morgan fingerprint density at radius 3 is 1.20 bits per heavy atom. The van der Waals surface area contributed by atoms with Crippen LogP contribution in [0.1, 0.15) is 0 Å². The lowest BCUT2D eigenvalue weighted by atomic mass is 9.85. The van der Waals surface area contributed by atoms with Gasteiger partial charge in [-0.2, -0.15) is 0 Å². The molecule has 6 atom stereocenters. The molecule has 0 aromatic rings. The topological polar surface area (TPSA) is 267 Å². The number of aliphatic hydroxyl groups excluding tert-OH is 2. The van der Waals surface area contributed by atoms with Crippen LogP contribution in [0, 0.1) is 0 Å². The van der Waals surface area contributed by atoms with Crippen molar-refractivity contribution < 1.29 is 71.6 Å². The van der Waals surface area contributed by atoms with Gasteiger partial charge in [-0.25, -0.2) is 0 Å². The average Bonchev–Trinajstić information content (AvgIpc) is 2.36. The highest BCUT2D eigenvalue weighted by molar-refractivity contribution is 7.43. The normalized spacial score (nSPS) is 34.9. The van der Waals surface area contributed by atoms with E-state index in [0.29, 0.717) is 0 Å². The van der Waals surface area contributed by atoms with E-state index in [9.17, 15) is 53.3 Å². The molecule has 0 aromatic heterocycles. The summed E-state index contributed by atoms with van der Waals surface area (Å²) in [6, 6.07) is 0. The summed E-state index contributed by atoms with van der Waals surface area (Å²) in [5.74, 6) is 0. The van der Waals surface area contributed by atoms with Crippen molar-refractivity contribution in [3.05, 3.63) is 0 Å². The molecular weight excluding hydrogens is 417 g/mol. The van der Waals surface area contributed by atoms with Gasteiger partial charge in [-0.15, -0.1) is 0 Å². The molecule has 0 heterocycles. The zero-order valence-electron chi connectivity index (χ0n) is 12.0. The third kappa shape index (κ3) is 7.03. The number of hydrogen-bond acceptors (Lipinski definition) is 15. The van der Waals surface area contributed by atoms with E-state index in [2.05, 4.69) is 18.3 Å². The third-order valence-corrected chi connectivity index (χ3v) is 4.52. The third-order valence-electron chi connectivity index (χ3n) is 3.02. The summed E-state index contributed by atoms with van der Waals surface area (Å²) in [6.07, 6.45) is -14.3. The first kappa shape index (κ1) is 23.2. The molecule has 0 bridgehead atoms. The monoisotopic (exact) mass is 428 g/mol. The Morgan fingerprint density at radius 1 is 0.640 bits per heavy atom. The quantitative estimate of drug-likeness (QED) is 0.357. The number of methoxy groups -OCH3 is 1. The Bertz CT molecular complexity index is 590. The fourth-order valence-corrected chi connectivity index (χ4v) is 3.86. The van der Waals surface area contributed by atoms with E-state index in [-0.39, 0.29) is 0 Å². The fraction of sp³-hybridized carbons (Fsp3) is 1.00. The molecule has 1 rings (SSSR count). The van der Waals surface area contributed by atoms with Crippen molar-refractivity contribution in [2.45, 2.75) is 36.6 Å². The zero-order valence-corrected chi connectivity index (χ0v) is 14.7. The summed E-state index contributed by atoms with van der Waals surface area (Å²) in [6.45, 7) is 0. The Morgan fingerprint density at radius 2 is 0.920 bits per heavy atom. The highest BCUT2D eigenvalue weighted by Crippen LogP contribution is 2.43. The number of phosphoric acid groups is 3. The van der Waals surface area contributed by atoms with Crippen molar-refractivity contribution in [1.29, 1.82) is 0 Å². The average molecular weight is 428 g/mol. The van der Waals surface area contributed by atoms with Crippen molar-refractivity contribution in [3.8, 4) is 0 Å². The van der Waals surface area contributed by atoms with Crippen LogP contribution in [-0.4, -0.2) is 53.9 Å². The molecule has 1 aliphatic rings. The van der Waals surface area contributed by atoms with E-state index in [1.807, 2.05) is 0 Å². The molecule has 1 aliphatic carbocycles. The van der Waals surface area contributed by atoms with Gasteiger partial charge in [0.05, 0.1) is 23.5 Å². The minimum absolute atomic E-state index is 0.744. The first-order valence-corrected chi connectivity index (χ1v) is 10.4. The van der Waals surface area contributed by atoms with Gasteiger partial charge in [0.2, 0.25) is 0 Å². The molecule has 0 amide bonds. The number of rotatable bonds is 7. The van der Waals surface area contributed by atoms with Crippen molar-refractivity contribution in [1.82, 2.24) is 0 Å². The molecule has 2 N–H and O–H groups in total. The largest absolute Gasteiger partial charge is 0.790 e. The van der Waals surface area contributed by atoms with Crippen LogP contribution < -0.4 is 29.4 Å². The molecule has 1 fully saturated rings. The number of ether oxygens (including phenoxy) is 1. The first-order chi connectivity index (χ1) is 11.1. The summed E-state index contributed by atoms with van der Waals surface area (Å²) in [7, 11) is -17.0. The van der Waals surface area contributed by atoms with Crippen LogP contribution in [0.4, 0.5) is 0 Å². The van der Waals surface area contributed by atoms with Crippen LogP contribution in [0.3, 0.4) is 0 Å². The minimum atomic E-state index is -5.94. The predicted octanol–water partition coefficient (Wildman–Crippen LogP) is -6.62. The van der Waals surface area contributed by atoms with Crippen molar-refractivity contribution in [3.63, 3.8) is 0 Å². The van der Waals surface area contributed by atoms with Crippen molar-refractivity contribution in [2.75, 3.05) is 7.11 Å². The van der Waals surface area contributed by atoms with E-state index >= 15 is 0 Å². The Labute approximate surface area is 139 Å². The van der Waals surface area contributed by atoms with Crippen LogP contribution in [0.25, 0.3) is 0 Å². The van der Waals surface area contributed by atoms with Gasteiger partial charge in [0, 0.05) is 7.11 Å². The smallest absolute Gasteiger partial charge is 0.121 e. The molecule has 0 radical (unpaired) electrons. The van der Waals surface area contributed by atoms with Crippen LogP contribution in [0.15, 0.2) is 0 Å². The number of aliphatic hydroxyl groups is 2. The minimum Gasteiger partial charge on any atom is -0.790 e. The van der Waals surface area contributed by atoms with E-state index in [4.69, 9.17) is 0 Å². The summed E-state index contributed by atoms with van der Waals surface area (Å²) >= 11 is 0. The van der Waals surface area contributed by atoms with Crippen LogP contribution in [0.2, 0.25) is 0 Å². The summed E-state index contributed by atoms with van der Waals surface area (Å²) in [4.78, 5) is 64.5. The molecule has 18 heteroatoms. The van der Waals surface area contributed by atoms with Crippen molar-refractivity contribution in [2.24, 2.45) is 0 Å². The molecular formula is C7H11O15P3-6. The second-order valence-corrected chi connectivity index (χ2v) is 8.05. The maximum absolute atomic E-state index is 10.8. The van der Waals surface area contributed by atoms with Crippen LogP contribution in [0.5, 0.6) is 0 Å². The van der Waals surface area contributed by atoms with Crippen molar-refractivity contribution >= 4 is 23.5 Å². The molecule has 25 heavy (non-hydrogen) atoms. The summed E-state index contributed by atoms with van der Waals surface area (Å²) in [5.41, 5.74) is 0. The lowest BCUT2D eigenvalue weighted by Crippen LogP contribution is -2.66.